The summed E-state index contributed by atoms with van der Waals surface area (Å²) in [5.74, 6) is 1.45. The highest BCUT2D eigenvalue weighted by molar-refractivity contribution is 5.87. The molecule has 19 heavy (non-hydrogen) atoms. The van der Waals surface area contributed by atoms with E-state index in [0.717, 1.165) is 22.4 Å². The molecule has 4 rings (SSSR count). The summed E-state index contributed by atoms with van der Waals surface area (Å²) in [6.45, 7) is 0. The zero-order chi connectivity index (χ0) is 12.8. The average Bonchev–Trinajstić information content (AvgIpc) is 3.16. The maximum atomic E-state index is 5.78. The lowest BCUT2D eigenvalue weighted by Gasteiger charge is -2.05. The van der Waals surface area contributed by atoms with Crippen molar-refractivity contribution in [2.45, 2.75) is 18.8 Å². The number of nitrogens with two attached hydrogens (primary N) is 1. The van der Waals surface area contributed by atoms with Crippen molar-refractivity contribution in [1.29, 1.82) is 0 Å². The Kier molecular flexibility index (Phi) is 2.09. The summed E-state index contributed by atoms with van der Waals surface area (Å²) in [5.41, 5.74) is 8.48. The van der Waals surface area contributed by atoms with Gasteiger partial charge in [0.15, 0.2) is 5.82 Å². The molecular formula is C14H13N5. The molecule has 1 aliphatic rings. The van der Waals surface area contributed by atoms with Gasteiger partial charge in [0.1, 0.15) is 6.33 Å². The third-order valence-electron chi connectivity index (χ3n) is 3.46. The lowest BCUT2D eigenvalue weighted by Crippen LogP contribution is -2.01. The van der Waals surface area contributed by atoms with Gasteiger partial charge in [-0.3, -0.25) is 0 Å². The van der Waals surface area contributed by atoms with Crippen molar-refractivity contribution in [2.75, 3.05) is 5.73 Å². The fourth-order valence-corrected chi connectivity index (χ4v) is 2.30. The van der Waals surface area contributed by atoms with Gasteiger partial charge >= 0.3 is 0 Å². The van der Waals surface area contributed by atoms with E-state index in [0.29, 0.717) is 11.6 Å². The van der Waals surface area contributed by atoms with Gasteiger partial charge in [0.05, 0.1) is 11.2 Å². The van der Waals surface area contributed by atoms with E-state index in [1.807, 2.05) is 29.1 Å². The Morgan fingerprint density at radius 2 is 2.05 bits per heavy atom. The van der Waals surface area contributed by atoms with Crippen LogP contribution < -0.4 is 5.73 Å². The fraction of sp³-hybridized carbons (Fsp3) is 0.214. The number of nitrogens with zero attached hydrogens (tertiary/aromatic N) is 4. The summed E-state index contributed by atoms with van der Waals surface area (Å²) in [5, 5.41) is 5.57. The third kappa shape index (κ3) is 1.74. The van der Waals surface area contributed by atoms with Crippen LogP contribution in [0.1, 0.15) is 24.5 Å². The fourth-order valence-electron chi connectivity index (χ4n) is 2.30. The maximum absolute atomic E-state index is 5.78. The van der Waals surface area contributed by atoms with Crippen LogP contribution >= 0.6 is 0 Å². The van der Waals surface area contributed by atoms with Crippen LogP contribution in [-0.4, -0.2) is 19.7 Å². The third-order valence-corrected chi connectivity index (χ3v) is 3.46. The van der Waals surface area contributed by atoms with Gasteiger partial charge < -0.3 is 5.73 Å². The second-order valence-corrected chi connectivity index (χ2v) is 4.93. The molecule has 3 aromatic rings. The normalized spacial score (nSPS) is 14.9. The number of rotatable bonds is 2. The molecule has 0 saturated heterocycles. The van der Waals surface area contributed by atoms with Crippen LogP contribution in [0.15, 0.2) is 36.8 Å². The number of anilines is 1. The molecule has 94 valence electrons. The van der Waals surface area contributed by atoms with Crippen molar-refractivity contribution in [3.8, 4) is 5.82 Å². The van der Waals surface area contributed by atoms with Crippen LogP contribution in [0.5, 0.6) is 0 Å². The van der Waals surface area contributed by atoms with E-state index >= 15 is 0 Å². The Morgan fingerprint density at radius 1 is 1.16 bits per heavy atom. The van der Waals surface area contributed by atoms with Crippen LogP contribution in [0.4, 0.5) is 5.69 Å². The summed E-state index contributed by atoms with van der Waals surface area (Å²) < 4.78 is 1.83. The SMILES string of the molecule is Nc1ccc2c(-n3ccc(C4CC4)n3)ncnc2c1. The van der Waals surface area contributed by atoms with Crippen molar-refractivity contribution in [3.63, 3.8) is 0 Å². The smallest absolute Gasteiger partial charge is 0.164 e. The van der Waals surface area contributed by atoms with Gasteiger partial charge in [-0.25, -0.2) is 14.6 Å². The predicted octanol–water partition coefficient (Wildman–Crippen LogP) is 2.28. The Hall–Kier alpha value is -2.43. The molecule has 0 aliphatic heterocycles. The molecule has 1 aromatic carbocycles. The number of benzene rings is 1. The highest BCUT2D eigenvalue weighted by Crippen LogP contribution is 2.39. The highest BCUT2D eigenvalue weighted by atomic mass is 15.3. The van der Waals surface area contributed by atoms with Crippen molar-refractivity contribution in [2.24, 2.45) is 0 Å². The lowest BCUT2D eigenvalue weighted by molar-refractivity contribution is 0.816. The van der Waals surface area contributed by atoms with Crippen molar-refractivity contribution < 1.29 is 0 Å². The molecular weight excluding hydrogens is 238 g/mol. The zero-order valence-corrected chi connectivity index (χ0v) is 10.3. The lowest BCUT2D eigenvalue weighted by atomic mass is 10.2. The molecule has 0 atom stereocenters. The average molecular weight is 251 g/mol. The van der Waals surface area contributed by atoms with Gasteiger partial charge in [-0.1, -0.05) is 0 Å². The highest BCUT2D eigenvalue weighted by Gasteiger charge is 2.26. The van der Waals surface area contributed by atoms with E-state index in [2.05, 4.69) is 21.1 Å². The van der Waals surface area contributed by atoms with E-state index in [4.69, 9.17) is 5.73 Å². The summed E-state index contributed by atoms with van der Waals surface area (Å²) in [6.07, 6.45) is 6.01. The van der Waals surface area contributed by atoms with Crippen LogP contribution in [0.25, 0.3) is 16.7 Å². The summed E-state index contributed by atoms with van der Waals surface area (Å²) >= 11 is 0. The first-order chi connectivity index (χ1) is 9.31. The van der Waals surface area contributed by atoms with E-state index < -0.39 is 0 Å². The zero-order valence-electron chi connectivity index (χ0n) is 10.3. The quantitative estimate of drug-likeness (QED) is 0.709. The molecule has 2 aromatic heterocycles. The van der Waals surface area contributed by atoms with Crippen LogP contribution in [0.3, 0.4) is 0 Å². The minimum Gasteiger partial charge on any atom is -0.399 e. The Balaban J connectivity index is 1.88. The van der Waals surface area contributed by atoms with Crippen LogP contribution in [0.2, 0.25) is 0 Å². The number of hydrogen-bond donors (Lipinski definition) is 1. The predicted molar refractivity (Wildman–Crippen MR) is 73.0 cm³/mol. The first-order valence-corrected chi connectivity index (χ1v) is 6.37. The standard InChI is InChI=1S/C14H13N5/c15-10-3-4-11-13(7-10)16-8-17-14(11)19-6-5-12(18-19)9-1-2-9/h3-9H,1-2,15H2. The molecule has 0 unspecified atom stereocenters. The van der Waals surface area contributed by atoms with Crippen molar-refractivity contribution in [3.05, 3.63) is 42.5 Å². The molecule has 0 amide bonds. The number of aromatic nitrogens is 4. The van der Waals surface area contributed by atoms with E-state index in [9.17, 15) is 0 Å². The minimum atomic E-state index is 0.644. The monoisotopic (exact) mass is 251 g/mol. The van der Waals surface area contributed by atoms with Crippen LogP contribution in [0, 0.1) is 0 Å². The van der Waals surface area contributed by atoms with Gasteiger partial charge in [0.2, 0.25) is 0 Å². The molecule has 0 radical (unpaired) electrons. The van der Waals surface area contributed by atoms with Crippen molar-refractivity contribution >= 4 is 16.6 Å². The first-order valence-electron chi connectivity index (χ1n) is 6.37. The molecule has 2 heterocycles. The molecule has 2 N–H and O–H groups in total. The minimum absolute atomic E-state index is 0.644. The van der Waals surface area contributed by atoms with Crippen molar-refractivity contribution in [1.82, 2.24) is 19.7 Å². The van der Waals surface area contributed by atoms with Gasteiger partial charge in [-0.05, 0) is 37.1 Å². The van der Waals surface area contributed by atoms with Gasteiger partial charge in [0.25, 0.3) is 0 Å². The van der Waals surface area contributed by atoms with Gasteiger partial charge in [-0.2, -0.15) is 5.10 Å². The second-order valence-electron chi connectivity index (χ2n) is 4.93. The second kappa shape index (κ2) is 3.78. The molecule has 0 bridgehead atoms. The number of fused-ring (bicyclic) bond motifs is 1. The summed E-state index contributed by atoms with van der Waals surface area (Å²) in [6, 6.07) is 7.73. The maximum Gasteiger partial charge on any atom is 0.164 e. The van der Waals surface area contributed by atoms with Gasteiger partial charge in [-0.15, -0.1) is 0 Å². The summed E-state index contributed by atoms with van der Waals surface area (Å²) in [4.78, 5) is 8.60. The molecule has 1 aliphatic carbocycles. The molecule has 1 saturated carbocycles. The van der Waals surface area contributed by atoms with E-state index in [1.54, 1.807) is 6.33 Å². The van der Waals surface area contributed by atoms with E-state index in [1.165, 1.54) is 12.8 Å². The Labute approximate surface area is 110 Å². The van der Waals surface area contributed by atoms with Gasteiger partial charge in [0, 0.05) is 23.2 Å². The topological polar surface area (TPSA) is 69.6 Å². The molecule has 5 nitrogen and oxygen atoms in total. The molecule has 1 fully saturated rings. The largest absolute Gasteiger partial charge is 0.399 e. The number of nitrogen functional groups attached to an aromatic ring is 1. The first kappa shape index (κ1) is 10.5. The molecule has 5 heteroatoms. The van der Waals surface area contributed by atoms with E-state index in [-0.39, 0.29) is 0 Å². The Bertz CT molecular complexity index is 757. The molecule has 0 spiro atoms. The van der Waals surface area contributed by atoms with Crippen LogP contribution in [-0.2, 0) is 0 Å². The Morgan fingerprint density at radius 3 is 2.89 bits per heavy atom. The summed E-state index contributed by atoms with van der Waals surface area (Å²) in [7, 11) is 0. The number of hydrogen-bond acceptors (Lipinski definition) is 4.